The summed E-state index contributed by atoms with van der Waals surface area (Å²) in [5, 5.41) is 18.0. The predicted octanol–water partition coefficient (Wildman–Crippen LogP) is 2.36. The van der Waals surface area contributed by atoms with Gasteiger partial charge < -0.3 is 14.4 Å². The Balaban J connectivity index is 1.31. The van der Waals surface area contributed by atoms with Gasteiger partial charge in [0.25, 0.3) is 5.91 Å². The number of hydrogen-bond acceptors (Lipinski definition) is 7. The summed E-state index contributed by atoms with van der Waals surface area (Å²) in [5.74, 6) is -0.333. The number of fused-ring (bicyclic) bond motifs is 1. The van der Waals surface area contributed by atoms with E-state index in [9.17, 15) is 9.18 Å². The molecule has 1 aliphatic carbocycles. The number of aromatic nitrogens is 2. The quantitative estimate of drug-likeness (QED) is 0.770. The molecule has 30 heavy (non-hydrogen) atoms. The Hall–Kier alpha value is -3.56. The van der Waals surface area contributed by atoms with Gasteiger partial charge in [-0.05, 0) is 36.6 Å². The van der Waals surface area contributed by atoms with Crippen LogP contribution >= 0.6 is 0 Å². The van der Waals surface area contributed by atoms with Crippen LogP contribution in [0, 0.1) is 28.5 Å². The van der Waals surface area contributed by atoms with Gasteiger partial charge in [0, 0.05) is 18.9 Å². The van der Waals surface area contributed by atoms with Crippen LogP contribution in [0.3, 0.4) is 0 Å². The van der Waals surface area contributed by atoms with Crippen molar-refractivity contribution in [2.45, 2.75) is 49.7 Å². The molecule has 2 aliphatic heterocycles. The maximum Gasteiger partial charge on any atom is 0.257 e. The minimum Gasteiger partial charge on any atom is -0.474 e. The van der Waals surface area contributed by atoms with Gasteiger partial charge in [-0.25, -0.2) is 14.4 Å². The van der Waals surface area contributed by atoms with E-state index < -0.39 is 11.4 Å². The number of rotatable bonds is 3. The van der Waals surface area contributed by atoms with Gasteiger partial charge in [-0.2, -0.15) is 10.5 Å². The second-order valence-corrected chi connectivity index (χ2v) is 7.76. The molecule has 0 unspecified atom stereocenters. The zero-order valence-electron chi connectivity index (χ0n) is 15.8. The lowest BCUT2D eigenvalue weighted by Crippen LogP contribution is -2.56. The number of benzene rings is 1. The molecule has 3 aliphatic rings. The molecule has 1 aromatic carbocycles. The van der Waals surface area contributed by atoms with Gasteiger partial charge in [0.05, 0.1) is 17.7 Å². The van der Waals surface area contributed by atoms with Crippen molar-refractivity contribution < 1.29 is 18.7 Å². The highest BCUT2D eigenvalue weighted by molar-refractivity contribution is 5.89. The van der Waals surface area contributed by atoms with E-state index in [1.54, 1.807) is 11.0 Å². The molecule has 0 N–H and O–H groups in total. The molecule has 2 aromatic rings. The molecule has 1 spiro atoms. The lowest BCUT2D eigenvalue weighted by molar-refractivity contribution is -0.162. The number of carbonyl (C=O) groups is 1. The highest BCUT2D eigenvalue weighted by atomic mass is 19.1. The average molecular weight is 405 g/mol. The van der Waals surface area contributed by atoms with Gasteiger partial charge in [-0.1, -0.05) is 0 Å². The van der Waals surface area contributed by atoms with E-state index in [2.05, 4.69) is 9.97 Å². The lowest BCUT2D eigenvalue weighted by atomic mass is 9.76. The molecule has 9 heteroatoms. The summed E-state index contributed by atoms with van der Waals surface area (Å²) >= 11 is 0. The molecule has 2 saturated heterocycles. The van der Waals surface area contributed by atoms with E-state index in [4.69, 9.17) is 20.0 Å². The average Bonchev–Trinajstić information content (AvgIpc) is 3.25. The van der Waals surface area contributed by atoms with Crippen molar-refractivity contribution in [3.8, 4) is 18.0 Å². The molecule has 1 amide bonds. The molecule has 150 valence electrons. The molecule has 3 fully saturated rings. The summed E-state index contributed by atoms with van der Waals surface area (Å²) in [6, 6.07) is 9.20. The monoisotopic (exact) mass is 405 g/mol. The third kappa shape index (κ3) is 2.87. The Kier molecular flexibility index (Phi) is 4.16. The van der Waals surface area contributed by atoms with Crippen molar-refractivity contribution in [1.29, 1.82) is 10.5 Å². The van der Waals surface area contributed by atoms with Crippen LogP contribution in [-0.4, -0.2) is 38.7 Å². The number of halogens is 1. The highest BCUT2D eigenvalue weighted by Crippen LogP contribution is 2.51. The topological polar surface area (TPSA) is 112 Å². The van der Waals surface area contributed by atoms with E-state index >= 15 is 0 Å². The van der Waals surface area contributed by atoms with Crippen LogP contribution in [0.25, 0.3) is 0 Å². The summed E-state index contributed by atoms with van der Waals surface area (Å²) < 4.78 is 25.8. The van der Waals surface area contributed by atoms with Crippen LogP contribution in [0.15, 0.2) is 30.6 Å². The molecule has 3 heterocycles. The standard InChI is InChI=1S/C21H16FN5O3/c22-14-4-12(9-23)3-13(5-14)17-1-2-19-27(17)20(28)21(30-19)7-16(8-21)29-18-6-15(10-24)25-11-26-18/h3-6,11,16-17,19H,1-2,7-8H2/t16?,17-,19+,21?/m0/s1. The zero-order valence-corrected chi connectivity index (χ0v) is 15.8. The first-order valence-electron chi connectivity index (χ1n) is 9.61. The van der Waals surface area contributed by atoms with Crippen molar-refractivity contribution in [3.05, 3.63) is 53.2 Å². The van der Waals surface area contributed by atoms with Gasteiger partial charge >= 0.3 is 0 Å². The van der Waals surface area contributed by atoms with E-state index in [0.717, 1.165) is 0 Å². The summed E-state index contributed by atoms with van der Waals surface area (Å²) in [4.78, 5) is 22.7. The van der Waals surface area contributed by atoms with Crippen LogP contribution in [0.4, 0.5) is 4.39 Å². The maximum atomic E-state index is 13.9. The van der Waals surface area contributed by atoms with Crippen molar-refractivity contribution in [1.82, 2.24) is 14.9 Å². The molecule has 5 rings (SSSR count). The van der Waals surface area contributed by atoms with Gasteiger partial charge in [-0.3, -0.25) is 4.79 Å². The Morgan fingerprint density at radius 1 is 1.17 bits per heavy atom. The Labute approximate surface area is 171 Å². The van der Waals surface area contributed by atoms with Gasteiger partial charge in [0.1, 0.15) is 36.2 Å². The fourth-order valence-electron chi connectivity index (χ4n) is 4.58. The van der Waals surface area contributed by atoms with Crippen molar-refractivity contribution in [2.75, 3.05) is 0 Å². The van der Waals surface area contributed by atoms with Crippen molar-refractivity contribution in [3.63, 3.8) is 0 Å². The highest BCUT2D eigenvalue weighted by Gasteiger charge is 2.63. The summed E-state index contributed by atoms with van der Waals surface area (Å²) in [5.41, 5.74) is 0.108. The number of ether oxygens (including phenoxy) is 2. The lowest BCUT2D eigenvalue weighted by Gasteiger charge is -2.41. The Morgan fingerprint density at radius 3 is 2.77 bits per heavy atom. The van der Waals surface area contributed by atoms with Gasteiger partial charge in [-0.15, -0.1) is 0 Å². The number of carbonyl (C=O) groups excluding carboxylic acids is 1. The smallest absolute Gasteiger partial charge is 0.257 e. The molecule has 0 radical (unpaired) electrons. The SMILES string of the molecule is N#Cc1cc(F)cc([C@@H]2CC[C@H]3OC4(CC(Oc5cc(C#N)ncn5)C4)C(=O)N32)c1. The van der Waals surface area contributed by atoms with Crippen LogP contribution in [-0.2, 0) is 9.53 Å². The van der Waals surface area contributed by atoms with E-state index in [1.165, 1.54) is 24.5 Å². The van der Waals surface area contributed by atoms with E-state index in [-0.39, 0.29) is 41.4 Å². The predicted molar refractivity (Wildman–Crippen MR) is 97.9 cm³/mol. The van der Waals surface area contributed by atoms with E-state index in [0.29, 0.717) is 31.2 Å². The molecular weight excluding hydrogens is 389 g/mol. The second kappa shape index (κ2) is 6.75. The van der Waals surface area contributed by atoms with Crippen molar-refractivity contribution in [2.24, 2.45) is 0 Å². The molecule has 1 aromatic heterocycles. The van der Waals surface area contributed by atoms with Crippen LogP contribution in [0.1, 0.15) is 48.5 Å². The normalized spacial score (nSPS) is 29.2. The molecule has 8 nitrogen and oxygen atoms in total. The molecular formula is C21H16FN5O3. The maximum absolute atomic E-state index is 13.9. The fraction of sp³-hybridized carbons (Fsp3) is 0.381. The minimum atomic E-state index is -0.940. The van der Waals surface area contributed by atoms with Crippen molar-refractivity contribution >= 4 is 5.91 Å². The summed E-state index contributed by atoms with van der Waals surface area (Å²) in [7, 11) is 0. The summed E-state index contributed by atoms with van der Waals surface area (Å²) in [6.45, 7) is 0. The van der Waals surface area contributed by atoms with Crippen LogP contribution in [0.5, 0.6) is 5.88 Å². The van der Waals surface area contributed by atoms with Crippen LogP contribution in [0.2, 0.25) is 0 Å². The first-order valence-corrected chi connectivity index (χ1v) is 9.61. The van der Waals surface area contributed by atoms with Crippen LogP contribution < -0.4 is 4.74 Å². The second-order valence-electron chi connectivity index (χ2n) is 7.76. The number of nitriles is 2. The number of hydrogen-bond donors (Lipinski definition) is 0. The fourth-order valence-corrected chi connectivity index (χ4v) is 4.58. The van der Waals surface area contributed by atoms with E-state index in [1.807, 2.05) is 12.1 Å². The molecule has 0 bridgehead atoms. The van der Waals surface area contributed by atoms with Gasteiger partial charge in [0.15, 0.2) is 5.60 Å². The minimum absolute atomic E-state index is 0.127. The first kappa shape index (κ1) is 18.5. The largest absolute Gasteiger partial charge is 0.474 e. The van der Waals surface area contributed by atoms with Gasteiger partial charge in [0.2, 0.25) is 5.88 Å². The third-order valence-corrected chi connectivity index (χ3v) is 5.91. The molecule has 2 atom stereocenters. The first-order chi connectivity index (χ1) is 14.5. The Morgan fingerprint density at radius 2 is 2.00 bits per heavy atom. The Bertz CT molecular complexity index is 1120. The number of amides is 1. The number of nitrogens with zero attached hydrogens (tertiary/aromatic N) is 5. The zero-order chi connectivity index (χ0) is 20.9. The molecule has 1 saturated carbocycles. The third-order valence-electron chi connectivity index (χ3n) is 5.91. The summed E-state index contributed by atoms with van der Waals surface area (Å²) in [6.07, 6.45) is 2.70.